The number of nitrogens with zero attached hydrogens (tertiary/aromatic N) is 6. The van der Waals surface area contributed by atoms with Crippen molar-refractivity contribution in [3.05, 3.63) is 71.0 Å². The molecule has 0 bridgehead atoms. The molecule has 5 rings (SSSR count). The minimum atomic E-state index is -4.01. The first-order valence-corrected chi connectivity index (χ1v) is 16.3. The van der Waals surface area contributed by atoms with Crippen molar-refractivity contribution in [1.29, 1.82) is 0 Å². The van der Waals surface area contributed by atoms with Gasteiger partial charge in [-0.1, -0.05) is 62.7 Å². The Morgan fingerprint density at radius 2 is 1.77 bits per heavy atom. The summed E-state index contributed by atoms with van der Waals surface area (Å²) in [4.78, 5) is 13.9. The number of rotatable bonds is 10. The molecule has 0 radical (unpaired) electrons. The van der Waals surface area contributed by atoms with Crippen LogP contribution in [-0.2, 0) is 29.9 Å². The zero-order chi connectivity index (χ0) is 30.7. The molecule has 43 heavy (non-hydrogen) atoms. The predicted molar refractivity (Wildman–Crippen MR) is 171 cm³/mol. The third-order valence-electron chi connectivity index (χ3n) is 7.43. The van der Waals surface area contributed by atoms with E-state index in [9.17, 15) is 8.42 Å². The molecule has 1 N–H and O–H groups in total. The van der Waals surface area contributed by atoms with E-state index < -0.39 is 10.0 Å². The first-order valence-electron chi connectivity index (χ1n) is 14.5. The third-order valence-corrected chi connectivity index (χ3v) is 9.10. The SMILES string of the molecule is CCc1c(Oc2cccc(N3CCN(C)CC3)c2Cl)nc(NS(=O)(=O)c2cnn(C)c2)nc1-c1ccccc1CC(C)C. The summed E-state index contributed by atoms with van der Waals surface area (Å²) in [7, 11) is -0.252. The topological polar surface area (TPSA) is 105 Å². The second-order valence-corrected chi connectivity index (χ2v) is 13.3. The molecule has 12 heteroatoms. The van der Waals surface area contributed by atoms with Crippen molar-refractivity contribution in [3.8, 4) is 22.9 Å². The quantitative estimate of drug-likeness (QED) is 0.242. The Labute approximate surface area is 258 Å². The Kier molecular flexibility index (Phi) is 9.24. The number of likely N-dealkylation sites (N-methyl/N-ethyl adjacent to an activating group) is 1. The minimum absolute atomic E-state index is 0.00492. The summed E-state index contributed by atoms with van der Waals surface area (Å²) in [6.45, 7) is 9.90. The Bertz CT molecular complexity index is 1700. The van der Waals surface area contributed by atoms with Crippen molar-refractivity contribution in [2.45, 2.75) is 38.5 Å². The number of benzene rings is 2. The summed E-state index contributed by atoms with van der Waals surface area (Å²) in [6, 6.07) is 13.7. The van der Waals surface area contributed by atoms with Crippen LogP contribution in [0, 0.1) is 5.92 Å². The summed E-state index contributed by atoms with van der Waals surface area (Å²) in [5.41, 5.74) is 4.26. The summed E-state index contributed by atoms with van der Waals surface area (Å²) >= 11 is 6.95. The molecule has 0 spiro atoms. The molecule has 10 nitrogen and oxygen atoms in total. The van der Waals surface area contributed by atoms with E-state index in [4.69, 9.17) is 21.3 Å². The average molecular weight is 624 g/mol. The molecule has 0 unspecified atom stereocenters. The average Bonchev–Trinajstić information content (AvgIpc) is 3.42. The molecule has 1 aliphatic heterocycles. The van der Waals surface area contributed by atoms with Crippen LogP contribution < -0.4 is 14.4 Å². The normalized spacial score (nSPS) is 14.3. The number of hydrogen-bond acceptors (Lipinski definition) is 8. The van der Waals surface area contributed by atoms with Gasteiger partial charge in [-0.25, -0.2) is 18.1 Å². The number of piperazine rings is 1. The number of hydrogen-bond donors (Lipinski definition) is 1. The van der Waals surface area contributed by atoms with Crippen LogP contribution in [0.25, 0.3) is 11.3 Å². The van der Waals surface area contributed by atoms with Crippen molar-refractivity contribution in [3.63, 3.8) is 0 Å². The zero-order valence-electron chi connectivity index (χ0n) is 25.2. The molecule has 228 valence electrons. The monoisotopic (exact) mass is 623 g/mol. The first-order chi connectivity index (χ1) is 20.6. The van der Waals surface area contributed by atoms with Crippen LogP contribution in [0.15, 0.2) is 59.8 Å². The van der Waals surface area contributed by atoms with Crippen LogP contribution in [0.4, 0.5) is 11.6 Å². The summed E-state index contributed by atoms with van der Waals surface area (Å²) in [6.07, 6.45) is 4.08. The fourth-order valence-electron chi connectivity index (χ4n) is 5.19. The standard InChI is InChI=1S/C31H38ClN7O3S/c1-6-24-29(25-11-8-7-10-22(25)18-21(2)3)34-31(36-43(40,41)23-19-33-38(5)20-23)35-30(24)42-27-13-9-12-26(28(27)32)39-16-14-37(4)15-17-39/h7-13,19-21H,6,14-18H2,1-5H3,(H,34,35,36). The Hall–Kier alpha value is -3.67. The van der Waals surface area contributed by atoms with E-state index in [1.165, 1.54) is 17.1 Å². The van der Waals surface area contributed by atoms with Crippen LogP contribution in [0.2, 0.25) is 5.02 Å². The van der Waals surface area contributed by atoms with Crippen LogP contribution in [-0.4, -0.2) is 66.3 Å². The largest absolute Gasteiger partial charge is 0.437 e. The summed E-state index contributed by atoms with van der Waals surface area (Å²) in [5, 5.41) is 4.48. The Balaban J connectivity index is 1.62. The fourth-order valence-corrected chi connectivity index (χ4v) is 6.41. The van der Waals surface area contributed by atoms with Gasteiger partial charge in [0, 0.05) is 50.6 Å². The van der Waals surface area contributed by atoms with E-state index in [0.29, 0.717) is 28.8 Å². The van der Waals surface area contributed by atoms with Crippen molar-refractivity contribution in [2.75, 3.05) is 42.8 Å². The van der Waals surface area contributed by atoms with Gasteiger partial charge in [-0.2, -0.15) is 10.1 Å². The number of ether oxygens (including phenoxy) is 1. The first kappa shape index (κ1) is 30.8. The summed E-state index contributed by atoms with van der Waals surface area (Å²) in [5.74, 6) is 0.988. The highest BCUT2D eigenvalue weighted by molar-refractivity contribution is 7.92. The van der Waals surface area contributed by atoms with E-state index in [-0.39, 0.29) is 16.7 Å². The van der Waals surface area contributed by atoms with E-state index in [0.717, 1.165) is 55.0 Å². The van der Waals surface area contributed by atoms with E-state index in [1.807, 2.05) is 37.3 Å². The highest BCUT2D eigenvalue weighted by Crippen LogP contribution is 2.40. The highest BCUT2D eigenvalue weighted by Gasteiger charge is 2.25. The molecule has 2 aromatic carbocycles. The fraction of sp³-hybridized carbons (Fsp3) is 0.387. The zero-order valence-corrected chi connectivity index (χ0v) is 26.8. The lowest BCUT2D eigenvalue weighted by Gasteiger charge is -2.34. The molecule has 0 saturated carbocycles. The number of halogens is 1. The van der Waals surface area contributed by atoms with Gasteiger partial charge in [-0.15, -0.1) is 0 Å². The molecule has 2 aromatic heterocycles. The van der Waals surface area contributed by atoms with Gasteiger partial charge >= 0.3 is 0 Å². The number of aromatic nitrogens is 4. The second-order valence-electron chi connectivity index (χ2n) is 11.2. The molecule has 0 aliphatic carbocycles. The number of sulfonamides is 1. The Morgan fingerprint density at radius 1 is 1.02 bits per heavy atom. The third kappa shape index (κ3) is 6.95. The maximum Gasteiger partial charge on any atom is 0.267 e. The van der Waals surface area contributed by atoms with Crippen molar-refractivity contribution in [1.82, 2.24) is 24.6 Å². The van der Waals surface area contributed by atoms with Gasteiger partial charge in [0.1, 0.15) is 15.7 Å². The summed E-state index contributed by atoms with van der Waals surface area (Å²) < 4.78 is 37.0. The molecule has 1 aliphatic rings. The van der Waals surface area contributed by atoms with Crippen LogP contribution >= 0.6 is 11.6 Å². The number of aryl methyl sites for hydroxylation is 1. The second kappa shape index (κ2) is 12.9. The molecule has 4 aromatic rings. The number of anilines is 2. The molecule has 1 saturated heterocycles. The molecular formula is C31H38ClN7O3S. The lowest BCUT2D eigenvalue weighted by atomic mass is 9.94. The van der Waals surface area contributed by atoms with E-state index in [1.54, 1.807) is 13.1 Å². The van der Waals surface area contributed by atoms with Gasteiger partial charge in [0.2, 0.25) is 11.8 Å². The van der Waals surface area contributed by atoms with Crippen LogP contribution in [0.5, 0.6) is 11.6 Å². The van der Waals surface area contributed by atoms with Gasteiger partial charge < -0.3 is 14.5 Å². The van der Waals surface area contributed by atoms with E-state index >= 15 is 0 Å². The van der Waals surface area contributed by atoms with Crippen molar-refractivity contribution < 1.29 is 13.2 Å². The molecule has 0 atom stereocenters. The van der Waals surface area contributed by atoms with Gasteiger partial charge in [0.15, 0.2) is 0 Å². The smallest absolute Gasteiger partial charge is 0.267 e. The maximum atomic E-state index is 13.3. The van der Waals surface area contributed by atoms with Crippen LogP contribution in [0.3, 0.4) is 0 Å². The predicted octanol–water partition coefficient (Wildman–Crippen LogP) is 5.64. The number of nitrogens with one attached hydrogen (secondary N) is 1. The van der Waals surface area contributed by atoms with Crippen molar-refractivity contribution >= 4 is 33.3 Å². The molecular weight excluding hydrogens is 586 g/mol. The van der Waals surface area contributed by atoms with Gasteiger partial charge in [0.25, 0.3) is 10.0 Å². The molecule has 3 heterocycles. The van der Waals surface area contributed by atoms with Crippen molar-refractivity contribution in [2.24, 2.45) is 13.0 Å². The van der Waals surface area contributed by atoms with Gasteiger partial charge in [-0.05, 0) is 43.5 Å². The van der Waals surface area contributed by atoms with Gasteiger partial charge in [-0.3, -0.25) is 4.68 Å². The van der Waals surface area contributed by atoms with Gasteiger partial charge in [0.05, 0.1) is 17.6 Å². The lowest BCUT2D eigenvalue weighted by Crippen LogP contribution is -2.44. The maximum absolute atomic E-state index is 13.3. The molecule has 1 fully saturated rings. The van der Waals surface area contributed by atoms with E-state index in [2.05, 4.69) is 51.6 Å². The minimum Gasteiger partial charge on any atom is -0.437 e. The molecule has 0 amide bonds. The Morgan fingerprint density at radius 3 is 2.44 bits per heavy atom. The lowest BCUT2D eigenvalue weighted by molar-refractivity contribution is 0.313. The van der Waals surface area contributed by atoms with Crippen LogP contribution in [0.1, 0.15) is 31.9 Å². The highest BCUT2D eigenvalue weighted by atomic mass is 35.5.